The third kappa shape index (κ3) is 18.9. The summed E-state index contributed by atoms with van der Waals surface area (Å²) in [5.41, 5.74) is 11.2. The number of ether oxygens (including phenoxy) is 2. The summed E-state index contributed by atoms with van der Waals surface area (Å²) in [6.45, 7) is 8.90. The number of nitrogens with two attached hydrogens (primary N) is 2. The molecule has 1 aliphatic carbocycles. The highest BCUT2D eigenvalue weighted by atomic mass is 16.6. The Hall–Kier alpha value is -0.890. The van der Waals surface area contributed by atoms with Crippen molar-refractivity contribution in [3.05, 3.63) is 0 Å². The number of nitrogens with one attached hydrogen (secondary N) is 1. The molecule has 0 aromatic heterocycles. The van der Waals surface area contributed by atoms with Gasteiger partial charge in [-0.05, 0) is 77.0 Å². The van der Waals surface area contributed by atoms with E-state index in [-0.39, 0.29) is 6.09 Å². The maximum atomic E-state index is 12.9. The summed E-state index contributed by atoms with van der Waals surface area (Å²) < 4.78 is 11.9. The van der Waals surface area contributed by atoms with Crippen molar-refractivity contribution in [1.82, 2.24) is 10.2 Å². The summed E-state index contributed by atoms with van der Waals surface area (Å²) in [5.74, 6) is 0.960. The van der Waals surface area contributed by atoms with Gasteiger partial charge in [-0.1, -0.05) is 71.1 Å². The van der Waals surface area contributed by atoms with Gasteiger partial charge in [-0.15, -0.1) is 0 Å². The molecule has 1 amide bonds. The van der Waals surface area contributed by atoms with Crippen LogP contribution in [0.5, 0.6) is 0 Å². The Labute approximate surface area is 229 Å². The van der Waals surface area contributed by atoms with Crippen molar-refractivity contribution < 1.29 is 14.3 Å². The van der Waals surface area contributed by atoms with E-state index in [1.807, 2.05) is 4.90 Å². The Kier molecular flexibility index (Phi) is 23.4. The van der Waals surface area contributed by atoms with Gasteiger partial charge < -0.3 is 31.2 Å². The van der Waals surface area contributed by atoms with E-state index in [9.17, 15) is 4.79 Å². The van der Waals surface area contributed by atoms with Crippen molar-refractivity contribution >= 4 is 6.09 Å². The summed E-state index contributed by atoms with van der Waals surface area (Å²) in [5, 5.41) is 3.40. The van der Waals surface area contributed by atoms with Gasteiger partial charge in [-0.25, -0.2) is 4.79 Å². The van der Waals surface area contributed by atoms with E-state index >= 15 is 0 Å². The lowest BCUT2D eigenvalue weighted by Crippen LogP contribution is -2.37. The maximum absolute atomic E-state index is 12.9. The molecule has 0 radical (unpaired) electrons. The second kappa shape index (κ2) is 25.4. The Morgan fingerprint density at radius 3 is 2.05 bits per heavy atom. The summed E-state index contributed by atoms with van der Waals surface area (Å²) in [6.07, 6.45) is 20.7. The fourth-order valence-electron chi connectivity index (χ4n) is 4.91. The zero-order valence-electron chi connectivity index (χ0n) is 24.4. The molecule has 0 aromatic rings. The summed E-state index contributed by atoms with van der Waals surface area (Å²) in [7, 11) is 0. The number of amides is 1. The monoisotopic (exact) mass is 526 g/mol. The number of carbonyl (C=O) groups excluding carboxylic acids is 1. The molecule has 220 valence electrons. The van der Waals surface area contributed by atoms with E-state index in [1.165, 1.54) is 77.0 Å². The minimum absolute atomic E-state index is 0.191. The Morgan fingerprint density at radius 2 is 1.43 bits per heavy atom. The molecule has 0 saturated heterocycles. The van der Waals surface area contributed by atoms with Crippen molar-refractivity contribution in [3.63, 3.8) is 0 Å². The third-order valence-corrected chi connectivity index (χ3v) is 7.69. The molecular formula is C30H62N4O3. The van der Waals surface area contributed by atoms with Gasteiger partial charge in [0.15, 0.2) is 0 Å². The summed E-state index contributed by atoms with van der Waals surface area (Å²) >= 11 is 0. The van der Waals surface area contributed by atoms with Crippen LogP contribution in [0.2, 0.25) is 0 Å². The first-order valence-corrected chi connectivity index (χ1v) is 15.8. The van der Waals surface area contributed by atoms with Crippen LogP contribution in [0.3, 0.4) is 0 Å². The first-order valence-electron chi connectivity index (χ1n) is 15.8. The molecule has 1 aliphatic rings. The molecule has 5 N–H and O–H groups in total. The first-order chi connectivity index (χ1) is 18.2. The fraction of sp³-hybridized carbons (Fsp3) is 0.967. The molecule has 0 aliphatic heterocycles. The number of carbonyl (C=O) groups is 1. The number of hydrogen-bond donors (Lipinski definition) is 3. The van der Waals surface area contributed by atoms with E-state index in [4.69, 9.17) is 20.9 Å². The molecule has 1 rings (SSSR count). The Balaban J connectivity index is 2.21. The zero-order valence-corrected chi connectivity index (χ0v) is 24.4. The second-order valence-corrected chi connectivity index (χ2v) is 11.0. The van der Waals surface area contributed by atoms with Gasteiger partial charge in [0.1, 0.15) is 0 Å². The Bertz CT molecular complexity index is 505. The van der Waals surface area contributed by atoms with Crippen LogP contribution in [-0.2, 0) is 9.47 Å². The van der Waals surface area contributed by atoms with Crippen LogP contribution < -0.4 is 16.8 Å². The molecule has 0 aromatic carbocycles. The van der Waals surface area contributed by atoms with Crippen LogP contribution in [-0.4, -0.2) is 70.1 Å². The molecular weight excluding hydrogens is 464 g/mol. The van der Waals surface area contributed by atoms with Crippen molar-refractivity contribution in [2.24, 2.45) is 23.3 Å². The number of nitrogens with zero attached hydrogens (tertiary/aromatic N) is 1. The van der Waals surface area contributed by atoms with Gasteiger partial charge >= 0.3 is 6.09 Å². The predicted octanol–water partition coefficient (Wildman–Crippen LogP) is 5.85. The molecule has 0 spiro atoms. The molecule has 1 unspecified atom stereocenters. The van der Waals surface area contributed by atoms with Crippen LogP contribution in [0, 0.1) is 11.8 Å². The van der Waals surface area contributed by atoms with Crippen LogP contribution in [0.1, 0.15) is 116 Å². The molecule has 0 heterocycles. The summed E-state index contributed by atoms with van der Waals surface area (Å²) in [6, 6.07) is 0. The van der Waals surface area contributed by atoms with Gasteiger partial charge in [0.2, 0.25) is 0 Å². The standard InChI is InChI=1S/C30H62N4O3/c1-2-3-4-5-6-7-8-9-10-13-25-36-26-29(28-17-14-18-28)27-37-30(35)34(24-16-20-32)23-12-11-21-33-22-15-19-31/h28-29,33H,2-27,31-32H2,1H3. The quantitative estimate of drug-likeness (QED) is 0.116. The molecule has 1 atom stereocenters. The van der Waals surface area contributed by atoms with Crippen molar-refractivity contribution in [3.8, 4) is 0 Å². The molecule has 0 bridgehead atoms. The highest BCUT2D eigenvalue weighted by molar-refractivity contribution is 5.67. The Morgan fingerprint density at radius 1 is 0.811 bits per heavy atom. The molecule has 1 saturated carbocycles. The second-order valence-electron chi connectivity index (χ2n) is 11.0. The lowest BCUT2D eigenvalue weighted by atomic mass is 9.76. The third-order valence-electron chi connectivity index (χ3n) is 7.69. The molecule has 7 heteroatoms. The van der Waals surface area contributed by atoms with E-state index in [2.05, 4.69) is 12.2 Å². The zero-order chi connectivity index (χ0) is 26.8. The lowest BCUT2D eigenvalue weighted by Gasteiger charge is -2.34. The van der Waals surface area contributed by atoms with Crippen molar-refractivity contribution in [2.45, 2.75) is 116 Å². The van der Waals surface area contributed by atoms with Gasteiger partial charge in [0.25, 0.3) is 0 Å². The number of unbranched alkanes of at least 4 members (excludes halogenated alkanes) is 10. The molecule has 7 nitrogen and oxygen atoms in total. The first kappa shape index (κ1) is 34.1. The summed E-state index contributed by atoms with van der Waals surface area (Å²) in [4.78, 5) is 14.7. The van der Waals surface area contributed by atoms with Crippen molar-refractivity contribution in [2.75, 3.05) is 59.1 Å². The van der Waals surface area contributed by atoms with Gasteiger partial charge in [-0.3, -0.25) is 0 Å². The number of hydrogen-bond acceptors (Lipinski definition) is 6. The molecule has 1 fully saturated rings. The van der Waals surface area contributed by atoms with Crippen LogP contribution in [0.25, 0.3) is 0 Å². The van der Waals surface area contributed by atoms with Crippen LogP contribution in [0.15, 0.2) is 0 Å². The van der Waals surface area contributed by atoms with Gasteiger partial charge in [0, 0.05) is 25.6 Å². The van der Waals surface area contributed by atoms with E-state index in [0.717, 1.165) is 64.9 Å². The van der Waals surface area contributed by atoms with Gasteiger partial charge in [0.05, 0.1) is 13.2 Å². The smallest absolute Gasteiger partial charge is 0.409 e. The molecule has 37 heavy (non-hydrogen) atoms. The van der Waals surface area contributed by atoms with Gasteiger partial charge in [-0.2, -0.15) is 0 Å². The highest BCUT2D eigenvalue weighted by Crippen LogP contribution is 2.34. The maximum Gasteiger partial charge on any atom is 0.409 e. The minimum Gasteiger partial charge on any atom is -0.449 e. The van der Waals surface area contributed by atoms with Crippen molar-refractivity contribution in [1.29, 1.82) is 0 Å². The normalized spacial score (nSPS) is 14.5. The van der Waals surface area contributed by atoms with E-state index in [1.54, 1.807) is 0 Å². The number of rotatable bonds is 27. The average Bonchev–Trinajstić information content (AvgIpc) is 2.87. The largest absolute Gasteiger partial charge is 0.449 e. The fourth-order valence-corrected chi connectivity index (χ4v) is 4.91. The predicted molar refractivity (Wildman–Crippen MR) is 156 cm³/mol. The van der Waals surface area contributed by atoms with E-state index < -0.39 is 0 Å². The topological polar surface area (TPSA) is 103 Å². The lowest BCUT2D eigenvalue weighted by molar-refractivity contribution is 0.00873. The van der Waals surface area contributed by atoms with Crippen LogP contribution >= 0.6 is 0 Å². The van der Waals surface area contributed by atoms with E-state index in [0.29, 0.717) is 38.1 Å². The minimum atomic E-state index is -0.191. The highest BCUT2D eigenvalue weighted by Gasteiger charge is 2.29. The SMILES string of the molecule is CCCCCCCCCCCCOCC(COC(=O)N(CCCN)CCCCNCCCN)C1CCC1. The average molecular weight is 527 g/mol. The van der Waals surface area contributed by atoms with Crippen LogP contribution in [0.4, 0.5) is 4.79 Å².